The summed E-state index contributed by atoms with van der Waals surface area (Å²) in [6.45, 7) is 25.9. The van der Waals surface area contributed by atoms with Crippen molar-refractivity contribution in [3.05, 3.63) is 23.3 Å². The van der Waals surface area contributed by atoms with E-state index in [2.05, 4.69) is 52.8 Å². The molecule has 2 saturated carbocycles. The van der Waals surface area contributed by atoms with Gasteiger partial charge in [-0.15, -0.1) is 0 Å². The van der Waals surface area contributed by atoms with Crippen LogP contribution in [0.2, 0.25) is 0 Å². The molecule has 198 valence electrons. The molecule has 4 aliphatic carbocycles. The van der Waals surface area contributed by atoms with E-state index < -0.39 is 0 Å². The number of nitrogens with zero attached hydrogens (tertiary/aromatic N) is 1. The first-order valence-corrected chi connectivity index (χ1v) is 14.5. The maximum absolute atomic E-state index is 9.24. The molecular formula is C32H59NO. The quantitative estimate of drug-likeness (QED) is 0.380. The fraction of sp³-hybridized carbons (Fsp3) is 0.812. The minimum atomic E-state index is 0.344. The minimum Gasteiger partial charge on any atom is -0.307 e. The van der Waals surface area contributed by atoms with Crippen LogP contribution >= 0.6 is 0 Å². The highest BCUT2D eigenvalue weighted by atomic mass is 16.1. The van der Waals surface area contributed by atoms with Gasteiger partial charge in [0.2, 0.25) is 0 Å². The van der Waals surface area contributed by atoms with E-state index in [-0.39, 0.29) is 0 Å². The van der Waals surface area contributed by atoms with Crippen LogP contribution in [0.1, 0.15) is 134 Å². The van der Waals surface area contributed by atoms with Crippen LogP contribution in [0.15, 0.2) is 23.3 Å². The number of carbonyl (C=O) groups excluding carboxylic acids is 1. The maximum Gasteiger partial charge on any atom is 0.106 e. The summed E-state index contributed by atoms with van der Waals surface area (Å²) in [5.41, 5.74) is 3.44. The molecule has 6 atom stereocenters. The predicted molar refractivity (Wildman–Crippen MR) is 152 cm³/mol. The van der Waals surface area contributed by atoms with E-state index in [0.29, 0.717) is 10.8 Å². The highest BCUT2D eigenvalue weighted by molar-refractivity contribution is 5.41. The molecule has 2 heteroatoms. The fourth-order valence-electron chi connectivity index (χ4n) is 6.68. The van der Waals surface area contributed by atoms with Crippen molar-refractivity contribution >= 4 is 6.79 Å². The maximum atomic E-state index is 9.24. The molecule has 0 aromatic heterocycles. The summed E-state index contributed by atoms with van der Waals surface area (Å²) in [4.78, 5) is 8.00. The van der Waals surface area contributed by atoms with E-state index >= 15 is 0 Å². The summed E-state index contributed by atoms with van der Waals surface area (Å²) in [6.07, 6.45) is 16.6. The van der Waals surface area contributed by atoms with E-state index in [1.165, 1.54) is 56.9 Å². The number of rotatable bonds is 1. The molecular weight excluding hydrogens is 414 g/mol. The Morgan fingerprint density at radius 3 is 2.00 bits per heavy atom. The van der Waals surface area contributed by atoms with Gasteiger partial charge in [0, 0.05) is 5.57 Å². The molecule has 0 spiro atoms. The normalized spacial score (nSPS) is 33.9. The van der Waals surface area contributed by atoms with E-state index in [0.717, 1.165) is 35.7 Å². The number of carbonyl (C=O) groups is 1. The third kappa shape index (κ3) is 7.57. The van der Waals surface area contributed by atoms with Crippen LogP contribution in [0, 0.1) is 45.8 Å². The third-order valence-electron chi connectivity index (χ3n) is 8.89. The summed E-state index contributed by atoms with van der Waals surface area (Å²) in [7, 11) is 0. The molecule has 34 heavy (non-hydrogen) atoms. The van der Waals surface area contributed by atoms with Gasteiger partial charge in [-0.05, 0) is 91.1 Å². The van der Waals surface area contributed by atoms with Gasteiger partial charge in [0.15, 0.2) is 0 Å². The van der Waals surface area contributed by atoms with Crippen LogP contribution in [0.25, 0.3) is 0 Å². The topological polar surface area (TPSA) is 40.9 Å². The number of hydrogen-bond acceptors (Lipinski definition) is 2. The van der Waals surface area contributed by atoms with Gasteiger partial charge in [-0.1, -0.05) is 95.1 Å². The highest BCUT2D eigenvalue weighted by Gasteiger charge is 2.57. The van der Waals surface area contributed by atoms with Crippen molar-refractivity contribution in [3.63, 3.8) is 0 Å². The molecule has 0 saturated heterocycles. The standard InChI is InChI=1S/C21H29N.C4H10.3C2H6.CH2O/c1-14-4-7-18-17-6-5-16-12-15(13-22)8-10-21(16,3)19(17)9-11-20(14,18)2;1-3-4-2;4*1-2/h5,12,14,17-19H,4,6-11H2,1-3H3;3-4H2,1-2H3;3*1-2H3;1H2/t14-,17?,18?,19?,20+,21-;;;;;/m0...../s1. The molecule has 4 aliphatic rings. The lowest BCUT2D eigenvalue weighted by Crippen LogP contribution is -2.48. The lowest BCUT2D eigenvalue weighted by Gasteiger charge is -2.56. The minimum absolute atomic E-state index is 0.344. The van der Waals surface area contributed by atoms with Crippen LogP contribution < -0.4 is 0 Å². The molecule has 0 bridgehead atoms. The molecule has 0 aliphatic heterocycles. The zero-order chi connectivity index (χ0) is 26.9. The number of nitriles is 1. The molecule has 2 fully saturated rings. The van der Waals surface area contributed by atoms with Gasteiger partial charge in [-0.3, -0.25) is 0 Å². The van der Waals surface area contributed by atoms with Crippen molar-refractivity contribution < 1.29 is 4.79 Å². The van der Waals surface area contributed by atoms with Crippen molar-refractivity contribution in [2.45, 2.75) is 134 Å². The Hall–Kier alpha value is -1.36. The Labute approximate surface area is 214 Å². The molecule has 3 unspecified atom stereocenters. The monoisotopic (exact) mass is 473 g/mol. The van der Waals surface area contributed by atoms with Crippen LogP contribution in [0.3, 0.4) is 0 Å². The summed E-state index contributed by atoms with van der Waals surface area (Å²) in [5, 5.41) is 9.24. The van der Waals surface area contributed by atoms with E-state index in [1.54, 1.807) is 0 Å². The molecule has 0 heterocycles. The first-order chi connectivity index (χ1) is 16.4. The number of hydrogen-bond donors (Lipinski definition) is 0. The predicted octanol–water partition coefficient (Wildman–Crippen LogP) is 10.3. The smallest absolute Gasteiger partial charge is 0.106 e. The van der Waals surface area contributed by atoms with Crippen LogP contribution in [0.4, 0.5) is 0 Å². The second kappa shape index (κ2) is 18.0. The van der Waals surface area contributed by atoms with Crippen molar-refractivity contribution in [1.29, 1.82) is 5.26 Å². The molecule has 4 rings (SSSR count). The van der Waals surface area contributed by atoms with Crippen LogP contribution in [-0.4, -0.2) is 6.79 Å². The molecule has 0 radical (unpaired) electrons. The second-order valence-corrected chi connectivity index (χ2v) is 9.99. The average molecular weight is 474 g/mol. The van der Waals surface area contributed by atoms with Crippen molar-refractivity contribution in [1.82, 2.24) is 0 Å². The lowest BCUT2D eigenvalue weighted by atomic mass is 9.48. The third-order valence-corrected chi connectivity index (χ3v) is 8.89. The Kier molecular flexibility index (Phi) is 18.4. The van der Waals surface area contributed by atoms with Gasteiger partial charge in [0.1, 0.15) is 6.79 Å². The summed E-state index contributed by atoms with van der Waals surface area (Å²) in [6, 6.07) is 2.40. The van der Waals surface area contributed by atoms with E-state index in [4.69, 9.17) is 4.79 Å². The Morgan fingerprint density at radius 1 is 0.941 bits per heavy atom. The molecule has 0 amide bonds. The second-order valence-electron chi connectivity index (χ2n) is 9.99. The Balaban J connectivity index is 0. The zero-order valence-electron chi connectivity index (χ0n) is 24.9. The van der Waals surface area contributed by atoms with Gasteiger partial charge < -0.3 is 4.79 Å². The van der Waals surface area contributed by atoms with Gasteiger partial charge in [0.05, 0.1) is 6.07 Å². The molecule has 0 N–H and O–H groups in total. The number of allylic oxidation sites excluding steroid dienone is 4. The molecule has 2 nitrogen and oxygen atoms in total. The SMILES string of the molecule is C=O.CC.CC.CC.CCCC.C[C@H]1CCC2C3CC=C4C=C(C#N)CC[C@]4(C)C3CC[C@@]21C. The summed E-state index contributed by atoms with van der Waals surface area (Å²) >= 11 is 0. The van der Waals surface area contributed by atoms with E-state index in [1.807, 2.05) is 48.3 Å². The van der Waals surface area contributed by atoms with Crippen LogP contribution in [-0.2, 0) is 4.79 Å². The zero-order valence-corrected chi connectivity index (χ0v) is 24.9. The number of fused-ring (bicyclic) bond motifs is 5. The summed E-state index contributed by atoms with van der Waals surface area (Å²) < 4.78 is 0. The Bertz CT molecular complexity index is 640. The lowest BCUT2D eigenvalue weighted by molar-refractivity contribution is -0.0980. The highest BCUT2D eigenvalue weighted by Crippen LogP contribution is 2.65. The first-order valence-electron chi connectivity index (χ1n) is 14.5. The van der Waals surface area contributed by atoms with Gasteiger partial charge in [-0.25, -0.2) is 0 Å². The molecule has 0 aromatic rings. The fourth-order valence-corrected chi connectivity index (χ4v) is 6.68. The molecule has 0 aromatic carbocycles. The largest absolute Gasteiger partial charge is 0.307 e. The van der Waals surface area contributed by atoms with Crippen molar-refractivity contribution in [2.24, 2.45) is 34.5 Å². The van der Waals surface area contributed by atoms with Crippen LogP contribution in [0.5, 0.6) is 0 Å². The van der Waals surface area contributed by atoms with Gasteiger partial charge in [-0.2, -0.15) is 5.26 Å². The number of unbranched alkanes of at least 4 members (excludes halogenated alkanes) is 1. The first kappa shape index (κ1) is 34.8. The Morgan fingerprint density at radius 2 is 1.50 bits per heavy atom. The summed E-state index contributed by atoms with van der Waals surface area (Å²) in [5.74, 6) is 3.60. The van der Waals surface area contributed by atoms with Gasteiger partial charge in [0.25, 0.3) is 0 Å². The average Bonchev–Trinajstić information content (AvgIpc) is 3.22. The van der Waals surface area contributed by atoms with Crippen molar-refractivity contribution in [3.8, 4) is 6.07 Å². The van der Waals surface area contributed by atoms with Gasteiger partial charge >= 0.3 is 0 Å². The van der Waals surface area contributed by atoms with Crippen molar-refractivity contribution in [2.75, 3.05) is 0 Å². The van der Waals surface area contributed by atoms with E-state index in [9.17, 15) is 5.26 Å².